The first-order valence-corrected chi connectivity index (χ1v) is 5.51. The van der Waals surface area contributed by atoms with Crippen LogP contribution in [0.2, 0.25) is 5.02 Å². The molecule has 2 rings (SSSR count). The zero-order valence-electron chi connectivity index (χ0n) is 9.45. The summed E-state index contributed by atoms with van der Waals surface area (Å²) in [6.07, 6.45) is 0. The van der Waals surface area contributed by atoms with E-state index in [1.54, 1.807) is 0 Å². The van der Waals surface area contributed by atoms with Crippen LogP contribution in [0.15, 0.2) is 30.3 Å². The number of nitrogens with two attached hydrogens (primary N) is 1. The van der Waals surface area contributed by atoms with Gasteiger partial charge in [-0.3, -0.25) is 0 Å². The van der Waals surface area contributed by atoms with E-state index in [1.807, 2.05) is 6.07 Å². The normalized spacial score (nSPS) is 10.0. The quantitative estimate of drug-likeness (QED) is 0.850. The second-order valence-corrected chi connectivity index (χ2v) is 4.07. The van der Waals surface area contributed by atoms with Crippen molar-refractivity contribution >= 4 is 17.3 Å². The Bertz CT molecular complexity index is 683. The van der Waals surface area contributed by atoms with Gasteiger partial charge in [-0.15, -0.1) is 0 Å². The molecule has 0 amide bonds. The van der Waals surface area contributed by atoms with Crippen LogP contribution >= 0.6 is 11.6 Å². The molecule has 0 aliphatic heterocycles. The lowest BCUT2D eigenvalue weighted by Gasteiger charge is -2.08. The molecule has 2 aromatic rings. The van der Waals surface area contributed by atoms with Gasteiger partial charge in [0.2, 0.25) is 0 Å². The molecule has 19 heavy (non-hydrogen) atoms. The molecular weight excluding hydrogens is 274 g/mol. The largest absolute Gasteiger partial charge is 0.454 e. The van der Waals surface area contributed by atoms with E-state index >= 15 is 0 Å². The van der Waals surface area contributed by atoms with Gasteiger partial charge in [0.25, 0.3) is 0 Å². The Labute approximate surface area is 112 Å². The maximum atomic E-state index is 13.5. The number of halogens is 3. The topological polar surface area (TPSA) is 59.0 Å². The van der Waals surface area contributed by atoms with Crippen LogP contribution in [-0.2, 0) is 0 Å². The third-order valence-electron chi connectivity index (χ3n) is 2.34. The van der Waals surface area contributed by atoms with Gasteiger partial charge in [-0.25, -0.2) is 8.78 Å². The standard InChI is InChI=1S/C13H7ClF2N2O/c14-9-3-8(2-1-7(9)6-17)19-13-5-10(15)12(18)4-11(13)16/h1-5H,18H2. The molecule has 0 aromatic heterocycles. The Balaban J connectivity index is 2.34. The number of nitrogens with zero attached hydrogens (tertiary/aromatic N) is 1. The summed E-state index contributed by atoms with van der Waals surface area (Å²) in [6.45, 7) is 0. The van der Waals surface area contributed by atoms with Gasteiger partial charge in [0.05, 0.1) is 16.3 Å². The molecule has 2 N–H and O–H groups in total. The smallest absolute Gasteiger partial charge is 0.167 e. The molecule has 0 aliphatic carbocycles. The van der Waals surface area contributed by atoms with E-state index in [2.05, 4.69) is 0 Å². The Kier molecular flexibility index (Phi) is 3.54. The molecule has 96 valence electrons. The Morgan fingerprint density at radius 1 is 1.16 bits per heavy atom. The number of hydrogen-bond acceptors (Lipinski definition) is 3. The number of nitriles is 1. The average molecular weight is 281 g/mol. The molecular formula is C13H7ClF2N2O. The molecule has 0 radical (unpaired) electrons. The van der Waals surface area contributed by atoms with Crippen molar-refractivity contribution in [1.82, 2.24) is 0 Å². The van der Waals surface area contributed by atoms with Gasteiger partial charge in [0, 0.05) is 18.2 Å². The van der Waals surface area contributed by atoms with Crippen LogP contribution in [0.25, 0.3) is 0 Å². The third-order valence-corrected chi connectivity index (χ3v) is 2.65. The molecule has 6 heteroatoms. The van der Waals surface area contributed by atoms with Gasteiger partial charge in [-0.2, -0.15) is 5.26 Å². The summed E-state index contributed by atoms with van der Waals surface area (Å²) in [7, 11) is 0. The van der Waals surface area contributed by atoms with Crippen LogP contribution in [0.5, 0.6) is 11.5 Å². The van der Waals surface area contributed by atoms with Gasteiger partial charge in [0.1, 0.15) is 17.6 Å². The van der Waals surface area contributed by atoms with E-state index in [0.717, 1.165) is 12.1 Å². The second-order valence-electron chi connectivity index (χ2n) is 3.66. The maximum absolute atomic E-state index is 13.5. The SMILES string of the molecule is N#Cc1ccc(Oc2cc(F)c(N)cc2F)cc1Cl. The Hall–Kier alpha value is -2.32. The third kappa shape index (κ3) is 2.75. The fourth-order valence-corrected chi connectivity index (χ4v) is 1.61. The Morgan fingerprint density at radius 2 is 1.89 bits per heavy atom. The van der Waals surface area contributed by atoms with Crippen LogP contribution in [0.4, 0.5) is 14.5 Å². The van der Waals surface area contributed by atoms with Gasteiger partial charge in [-0.05, 0) is 12.1 Å². The minimum Gasteiger partial charge on any atom is -0.454 e. The molecule has 0 heterocycles. The van der Waals surface area contributed by atoms with Crippen LogP contribution in [0, 0.1) is 23.0 Å². The fraction of sp³-hybridized carbons (Fsp3) is 0. The molecule has 0 saturated carbocycles. The monoisotopic (exact) mass is 280 g/mol. The fourth-order valence-electron chi connectivity index (χ4n) is 1.40. The highest BCUT2D eigenvalue weighted by Crippen LogP contribution is 2.30. The highest BCUT2D eigenvalue weighted by atomic mass is 35.5. The van der Waals surface area contributed by atoms with E-state index in [9.17, 15) is 8.78 Å². The van der Waals surface area contributed by atoms with Crippen LogP contribution in [0.1, 0.15) is 5.56 Å². The number of anilines is 1. The van der Waals surface area contributed by atoms with Crippen molar-refractivity contribution in [3.63, 3.8) is 0 Å². The van der Waals surface area contributed by atoms with Crippen molar-refractivity contribution in [2.24, 2.45) is 0 Å². The molecule has 2 aromatic carbocycles. The zero-order chi connectivity index (χ0) is 14.0. The Morgan fingerprint density at radius 3 is 2.53 bits per heavy atom. The minimum atomic E-state index is -0.792. The lowest BCUT2D eigenvalue weighted by atomic mass is 10.2. The van der Waals surface area contributed by atoms with Gasteiger partial charge in [0.15, 0.2) is 11.6 Å². The molecule has 0 fully saturated rings. The number of nitrogen functional groups attached to an aromatic ring is 1. The molecule has 0 atom stereocenters. The summed E-state index contributed by atoms with van der Waals surface area (Å²) in [6, 6.07) is 7.74. The van der Waals surface area contributed by atoms with E-state index in [4.69, 9.17) is 27.3 Å². The lowest BCUT2D eigenvalue weighted by Crippen LogP contribution is -1.95. The van der Waals surface area contributed by atoms with Crippen molar-refractivity contribution in [2.75, 3.05) is 5.73 Å². The summed E-state index contributed by atoms with van der Waals surface area (Å²) < 4.78 is 31.9. The molecule has 0 unspecified atom stereocenters. The van der Waals surface area contributed by atoms with Crippen molar-refractivity contribution in [3.05, 3.63) is 52.6 Å². The molecule has 0 bridgehead atoms. The predicted octanol–water partition coefficient (Wildman–Crippen LogP) is 3.86. The molecule has 3 nitrogen and oxygen atoms in total. The van der Waals surface area contributed by atoms with Crippen molar-refractivity contribution < 1.29 is 13.5 Å². The van der Waals surface area contributed by atoms with Crippen LogP contribution in [0.3, 0.4) is 0 Å². The van der Waals surface area contributed by atoms with Crippen LogP contribution in [-0.4, -0.2) is 0 Å². The predicted molar refractivity (Wildman–Crippen MR) is 67.0 cm³/mol. The average Bonchev–Trinajstić information content (AvgIpc) is 2.36. The summed E-state index contributed by atoms with van der Waals surface area (Å²) in [5.41, 5.74) is 5.18. The van der Waals surface area contributed by atoms with Gasteiger partial charge < -0.3 is 10.5 Å². The highest BCUT2D eigenvalue weighted by molar-refractivity contribution is 6.31. The van der Waals surface area contributed by atoms with Gasteiger partial charge >= 0.3 is 0 Å². The van der Waals surface area contributed by atoms with E-state index < -0.39 is 11.6 Å². The van der Waals surface area contributed by atoms with E-state index in [1.165, 1.54) is 18.2 Å². The zero-order valence-corrected chi connectivity index (χ0v) is 10.2. The summed E-state index contributed by atoms with van der Waals surface area (Å²) >= 11 is 5.80. The summed E-state index contributed by atoms with van der Waals surface area (Å²) in [4.78, 5) is 0. The number of rotatable bonds is 2. The van der Waals surface area contributed by atoms with Crippen LogP contribution < -0.4 is 10.5 Å². The first-order valence-electron chi connectivity index (χ1n) is 5.13. The number of ether oxygens (including phenoxy) is 1. The van der Waals surface area contributed by atoms with Crippen molar-refractivity contribution in [3.8, 4) is 17.6 Å². The summed E-state index contributed by atoms with van der Waals surface area (Å²) in [5, 5.41) is 8.87. The summed E-state index contributed by atoms with van der Waals surface area (Å²) in [5.74, 6) is -1.70. The minimum absolute atomic E-state index is 0.163. The molecule has 0 spiro atoms. The first-order chi connectivity index (χ1) is 9.01. The van der Waals surface area contributed by atoms with Crippen molar-refractivity contribution in [2.45, 2.75) is 0 Å². The van der Waals surface area contributed by atoms with E-state index in [0.29, 0.717) is 0 Å². The van der Waals surface area contributed by atoms with E-state index in [-0.39, 0.29) is 27.8 Å². The highest BCUT2D eigenvalue weighted by Gasteiger charge is 2.11. The molecule has 0 aliphatic rings. The molecule has 0 saturated heterocycles. The second kappa shape index (κ2) is 5.12. The van der Waals surface area contributed by atoms with Crippen molar-refractivity contribution in [1.29, 1.82) is 5.26 Å². The lowest BCUT2D eigenvalue weighted by molar-refractivity contribution is 0.437. The number of benzene rings is 2. The first kappa shape index (κ1) is 13.1. The van der Waals surface area contributed by atoms with Gasteiger partial charge in [-0.1, -0.05) is 11.6 Å². The number of hydrogen-bond donors (Lipinski definition) is 1. The maximum Gasteiger partial charge on any atom is 0.167 e.